The lowest BCUT2D eigenvalue weighted by atomic mass is 10.1. The fraction of sp³-hybridized carbons (Fsp3) is 0.227. The van der Waals surface area contributed by atoms with Crippen molar-refractivity contribution >= 4 is 23.2 Å². The number of rotatable bonds is 8. The Morgan fingerprint density at radius 3 is 2.69 bits per heavy atom. The van der Waals surface area contributed by atoms with Crippen molar-refractivity contribution in [2.75, 3.05) is 0 Å². The minimum atomic E-state index is -0.545. The zero-order chi connectivity index (χ0) is 20.8. The topological polar surface area (TPSA) is 94.3 Å². The van der Waals surface area contributed by atoms with Crippen LogP contribution in [0, 0.1) is 0 Å². The molecular weight excluding hydrogens is 386 g/mol. The summed E-state index contributed by atoms with van der Waals surface area (Å²) < 4.78 is 5.73. The van der Waals surface area contributed by atoms with Crippen LogP contribution in [0.25, 0.3) is 0 Å². The van der Waals surface area contributed by atoms with Crippen molar-refractivity contribution in [3.8, 4) is 5.75 Å². The number of aromatic nitrogens is 1. The van der Waals surface area contributed by atoms with E-state index in [-0.39, 0.29) is 12.5 Å². The summed E-state index contributed by atoms with van der Waals surface area (Å²) >= 11 is 1.60. The lowest BCUT2D eigenvalue weighted by molar-refractivity contribution is 0.0949. The third kappa shape index (κ3) is 5.42. The van der Waals surface area contributed by atoms with Gasteiger partial charge in [-0.1, -0.05) is 38.1 Å². The molecule has 3 N–H and O–H groups in total. The second kappa shape index (κ2) is 9.34. The monoisotopic (exact) mass is 409 g/mol. The van der Waals surface area contributed by atoms with Gasteiger partial charge in [0.05, 0.1) is 22.8 Å². The van der Waals surface area contributed by atoms with Crippen LogP contribution < -0.4 is 15.8 Å². The van der Waals surface area contributed by atoms with Gasteiger partial charge in [0, 0.05) is 16.9 Å². The highest BCUT2D eigenvalue weighted by atomic mass is 32.1. The molecule has 1 heterocycles. The average Bonchev–Trinajstić information content (AvgIpc) is 3.20. The first-order valence-corrected chi connectivity index (χ1v) is 10.1. The average molecular weight is 410 g/mol. The first kappa shape index (κ1) is 20.5. The van der Waals surface area contributed by atoms with E-state index in [9.17, 15) is 9.59 Å². The zero-order valence-electron chi connectivity index (χ0n) is 16.3. The summed E-state index contributed by atoms with van der Waals surface area (Å²) in [6.07, 6.45) is 0. The molecule has 0 fully saturated rings. The van der Waals surface area contributed by atoms with Crippen LogP contribution in [0.3, 0.4) is 0 Å². The molecule has 3 rings (SSSR count). The van der Waals surface area contributed by atoms with Crippen LogP contribution in [0.4, 0.5) is 0 Å². The van der Waals surface area contributed by atoms with Crippen LogP contribution in [0.1, 0.15) is 56.7 Å². The predicted octanol–water partition coefficient (Wildman–Crippen LogP) is 3.87. The molecule has 0 saturated heterocycles. The maximum Gasteiger partial charge on any atom is 0.252 e. The molecule has 2 amide bonds. The molecule has 0 aliphatic rings. The highest BCUT2D eigenvalue weighted by Crippen LogP contribution is 2.20. The van der Waals surface area contributed by atoms with E-state index in [1.54, 1.807) is 53.8 Å². The van der Waals surface area contributed by atoms with Gasteiger partial charge in [-0.15, -0.1) is 11.3 Å². The molecule has 7 heteroatoms. The summed E-state index contributed by atoms with van der Waals surface area (Å²) in [5, 5.41) is 5.92. The zero-order valence-corrected chi connectivity index (χ0v) is 17.2. The summed E-state index contributed by atoms with van der Waals surface area (Å²) in [5.41, 5.74) is 7.90. The number of hydrogen-bond donors (Lipinski definition) is 2. The third-order valence-electron chi connectivity index (χ3n) is 4.23. The van der Waals surface area contributed by atoms with Gasteiger partial charge >= 0.3 is 0 Å². The van der Waals surface area contributed by atoms with Crippen molar-refractivity contribution < 1.29 is 14.3 Å². The SMILES string of the molecule is CC(C)c1nc(CNC(=O)c2cccc(COc3ccccc3C(N)=O)c2)cs1. The number of amides is 2. The molecule has 2 aromatic carbocycles. The molecule has 0 radical (unpaired) electrons. The highest BCUT2D eigenvalue weighted by Gasteiger charge is 2.11. The van der Waals surface area contributed by atoms with E-state index in [1.165, 1.54) is 0 Å². The van der Waals surface area contributed by atoms with Crippen LogP contribution >= 0.6 is 11.3 Å². The summed E-state index contributed by atoms with van der Waals surface area (Å²) in [4.78, 5) is 28.5. The molecule has 3 aromatic rings. The number of nitrogens with one attached hydrogen (secondary N) is 1. The summed E-state index contributed by atoms with van der Waals surface area (Å²) in [6, 6.07) is 14.0. The van der Waals surface area contributed by atoms with Crippen molar-refractivity contribution in [2.24, 2.45) is 5.73 Å². The van der Waals surface area contributed by atoms with Crippen molar-refractivity contribution in [3.63, 3.8) is 0 Å². The molecule has 0 unspecified atom stereocenters. The molecule has 29 heavy (non-hydrogen) atoms. The second-order valence-corrected chi connectivity index (χ2v) is 7.75. The van der Waals surface area contributed by atoms with Crippen molar-refractivity contribution in [2.45, 2.75) is 32.9 Å². The molecule has 1 aromatic heterocycles. The predicted molar refractivity (Wildman–Crippen MR) is 113 cm³/mol. The molecule has 0 bridgehead atoms. The molecule has 0 spiro atoms. The number of carbonyl (C=O) groups excluding carboxylic acids is 2. The first-order valence-electron chi connectivity index (χ1n) is 9.27. The van der Waals surface area contributed by atoms with Gasteiger partial charge in [-0.3, -0.25) is 9.59 Å². The molecule has 0 aliphatic heterocycles. The molecule has 150 valence electrons. The number of nitrogens with zero attached hydrogens (tertiary/aromatic N) is 1. The Kier molecular flexibility index (Phi) is 6.61. The van der Waals surface area contributed by atoms with Crippen molar-refractivity contribution in [1.29, 1.82) is 0 Å². The molecular formula is C22H23N3O3S. The number of ether oxygens (including phenoxy) is 1. The molecule has 0 atom stereocenters. The van der Waals surface area contributed by atoms with E-state index >= 15 is 0 Å². The quantitative estimate of drug-likeness (QED) is 0.590. The Hall–Kier alpha value is -3.19. The summed E-state index contributed by atoms with van der Waals surface area (Å²) in [7, 11) is 0. The fourth-order valence-corrected chi connectivity index (χ4v) is 3.54. The van der Waals surface area contributed by atoms with E-state index in [0.717, 1.165) is 16.3 Å². The molecule has 0 aliphatic carbocycles. The van der Waals surface area contributed by atoms with Gasteiger partial charge in [-0.2, -0.15) is 0 Å². The number of hydrogen-bond acceptors (Lipinski definition) is 5. The second-order valence-electron chi connectivity index (χ2n) is 6.86. The van der Waals surface area contributed by atoms with Crippen molar-refractivity contribution in [3.05, 3.63) is 81.3 Å². The lowest BCUT2D eigenvalue weighted by Crippen LogP contribution is -2.23. The minimum absolute atomic E-state index is 0.177. The van der Waals surface area contributed by atoms with Crippen molar-refractivity contribution in [1.82, 2.24) is 10.3 Å². The Labute approximate surface area is 173 Å². The largest absolute Gasteiger partial charge is 0.488 e. The summed E-state index contributed by atoms with van der Waals surface area (Å²) in [6.45, 7) is 4.79. The standard InChI is InChI=1S/C22H23N3O3S/c1-14(2)22-25-17(13-29-22)11-24-21(27)16-7-5-6-15(10-16)12-28-19-9-4-3-8-18(19)20(23)26/h3-10,13-14H,11-12H2,1-2H3,(H2,23,26)(H,24,27). The fourth-order valence-electron chi connectivity index (χ4n) is 2.70. The number of benzene rings is 2. The van der Waals surface area contributed by atoms with E-state index in [1.807, 2.05) is 11.4 Å². The van der Waals surface area contributed by atoms with E-state index in [2.05, 4.69) is 24.1 Å². The first-order chi connectivity index (χ1) is 13.9. The summed E-state index contributed by atoms with van der Waals surface area (Å²) in [5.74, 6) is 0.0695. The molecule has 0 saturated carbocycles. The van der Waals surface area contributed by atoms with E-state index in [0.29, 0.717) is 29.3 Å². The molecule has 6 nitrogen and oxygen atoms in total. The highest BCUT2D eigenvalue weighted by molar-refractivity contribution is 7.09. The number of nitrogens with two attached hydrogens (primary N) is 1. The van der Waals surface area contributed by atoms with Crippen LogP contribution in [0.5, 0.6) is 5.75 Å². The van der Waals surface area contributed by atoms with Gasteiger partial charge in [0.1, 0.15) is 12.4 Å². The smallest absolute Gasteiger partial charge is 0.252 e. The van der Waals surface area contributed by atoms with Gasteiger partial charge in [0.25, 0.3) is 11.8 Å². The number of para-hydroxylation sites is 1. The van der Waals surface area contributed by atoms with E-state index < -0.39 is 5.91 Å². The third-order valence-corrected chi connectivity index (χ3v) is 5.42. The van der Waals surface area contributed by atoms with Crippen LogP contribution in [-0.2, 0) is 13.2 Å². The number of primary amides is 1. The normalized spacial score (nSPS) is 10.7. The van der Waals surface area contributed by atoms with Gasteiger partial charge in [0.2, 0.25) is 0 Å². The lowest BCUT2D eigenvalue weighted by Gasteiger charge is -2.10. The maximum absolute atomic E-state index is 12.5. The Bertz CT molecular complexity index is 1010. The van der Waals surface area contributed by atoms with Gasteiger partial charge in [0.15, 0.2) is 0 Å². The maximum atomic E-state index is 12.5. The van der Waals surface area contributed by atoms with Crippen LogP contribution in [0.2, 0.25) is 0 Å². The number of thiazole rings is 1. The Morgan fingerprint density at radius 2 is 1.97 bits per heavy atom. The minimum Gasteiger partial charge on any atom is -0.488 e. The van der Waals surface area contributed by atoms with Gasteiger partial charge in [-0.05, 0) is 29.8 Å². The van der Waals surface area contributed by atoms with Crippen LogP contribution in [-0.4, -0.2) is 16.8 Å². The van der Waals surface area contributed by atoms with Crippen LogP contribution in [0.15, 0.2) is 53.9 Å². The van der Waals surface area contributed by atoms with Gasteiger partial charge < -0.3 is 15.8 Å². The Morgan fingerprint density at radius 1 is 1.17 bits per heavy atom. The number of carbonyl (C=O) groups is 2. The Balaban J connectivity index is 1.61. The van der Waals surface area contributed by atoms with Gasteiger partial charge in [-0.25, -0.2) is 4.98 Å². The van der Waals surface area contributed by atoms with E-state index in [4.69, 9.17) is 10.5 Å².